The molecule has 0 amide bonds. The molecular formula is C24H26ClN3O4S2. The van der Waals surface area contributed by atoms with Gasteiger partial charge >= 0.3 is 5.97 Å². The van der Waals surface area contributed by atoms with Crippen molar-refractivity contribution in [2.45, 2.75) is 44.2 Å². The average molecular weight is 520 g/mol. The van der Waals surface area contributed by atoms with Crippen LogP contribution >= 0.6 is 23.4 Å². The zero-order valence-electron chi connectivity index (χ0n) is 19.1. The molecule has 0 aromatic heterocycles. The van der Waals surface area contributed by atoms with E-state index in [0.29, 0.717) is 22.0 Å². The third-order valence-corrected chi connectivity index (χ3v) is 8.15. The van der Waals surface area contributed by atoms with E-state index in [0.717, 1.165) is 29.4 Å². The van der Waals surface area contributed by atoms with Crippen LogP contribution in [0.3, 0.4) is 0 Å². The first-order valence-electron chi connectivity index (χ1n) is 10.9. The molecule has 10 heteroatoms. The van der Waals surface area contributed by atoms with Crippen molar-refractivity contribution >= 4 is 50.2 Å². The molecule has 2 aliphatic heterocycles. The van der Waals surface area contributed by atoms with Gasteiger partial charge < -0.3 is 9.64 Å². The first kappa shape index (κ1) is 24.6. The Morgan fingerprint density at radius 2 is 1.85 bits per heavy atom. The van der Waals surface area contributed by atoms with Crippen molar-refractivity contribution in [1.82, 2.24) is 4.90 Å². The van der Waals surface area contributed by atoms with Gasteiger partial charge in [-0.1, -0.05) is 35.5 Å². The monoisotopic (exact) mass is 519 g/mol. The number of rotatable bonds is 6. The topological polar surface area (TPSA) is 88.1 Å². The average Bonchev–Trinajstić information content (AvgIpc) is 2.78. The number of carbonyl (C=O) groups is 1. The zero-order valence-corrected chi connectivity index (χ0v) is 21.5. The number of hydrogen-bond acceptors (Lipinski definition) is 7. The second-order valence-corrected chi connectivity index (χ2v) is 11.5. The minimum Gasteiger partial charge on any atom is -0.459 e. The van der Waals surface area contributed by atoms with Crippen molar-refractivity contribution in [2.24, 2.45) is 4.99 Å². The van der Waals surface area contributed by atoms with Crippen LogP contribution < -0.4 is 4.72 Å². The first-order chi connectivity index (χ1) is 16.2. The van der Waals surface area contributed by atoms with Gasteiger partial charge in [-0.05, 0) is 69.2 Å². The van der Waals surface area contributed by atoms with E-state index in [1.54, 1.807) is 23.9 Å². The molecule has 1 N–H and O–H groups in total. The van der Waals surface area contributed by atoms with Crippen molar-refractivity contribution in [1.29, 1.82) is 0 Å². The van der Waals surface area contributed by atoms with Crippen LogP contribution in [0.25, 0.3) is 0 Å². The van der Waals surface area contributed by atoms with Crippen LogP contribution in [0.5, 0.6) is 0 Å². The van der Waals surface area contributed by atoms with Crippen molar-refractivity contribution in [3.8, 4) is 0 Å². The predicted octanol–water partition coefficient (Wildman–Crippen LogP) is 5.22. The van der Waals surface area contributed by atoms with Gasteiger partial charge in [-0.15, -0.1) is 0 Å². The van der Waals surface area contributed by atoms with Gasteiger partial charge in [0.25, 0.3) is 10.0 Å². The number of halogens is 1. The van der Waals surface area contributed by atoms with Crippen LogP contribution in [0.2, 0.25) is 5.02 Å². The van der Waals surface area contributed by atoms with Gasteiger partial charge in [0.2, 0.25) is 0 Å². The van der Waals surface area contributed by atoms with E-state index < -0.39 is 10.0 Å². The number of hydrogen-bond donors (Lipinski definition) is 1. The summed E-state index contributed by atoms with van der Waals surface area (Å²) >= 11 is 7.54. The molecule has 2 aliphatic rings. The third-order valence-electron chi connectivity index (χ3n) is 5.42. The summed E-state index contributed by atoms with van der Waals surface area (Å²) in [5, 5.41) is 1.35. The van der Waals surface area contributed by atoms with Gasteiger partial charge in [0.15, 0.2) is 5.17 Å². The van der Waals surface area contributed by atoms with Crippen molar-refractivity contribution in [3.63, 3.8) is 0 Å². The van der Waals surface area contributed by atoms with Crippen LogP contribution in [0.1, 0.15) is 38.8 Å². The highest BCUT2D eigenvalue weighted by molar-refractivity contribution is 8.13. The molecule has 0 aliphatic carbocycles. The molecule has 1 unspecified atom stereocenters. The fourth-order valence-electron chi connectivity index (χ4n) is 3.92. The Kier molecular flexibility index (Phi) is 7.25. The Bertz CT molecular complexity index is 1240. The van der Waals surface area contributed by atoms with Gasteiger partial charge in [0, 0.05) is 23.0 Å². The number of ether oxygens (including phenoxy) is 1. The molecule has 180 valence electrons. The molecule has 0 spiro atoms. The van der Waals surface area contributed by atoms with E-state index in [2.05, 4.69) is 14.6 Å². The molecule has 0 saturated carbocycles. The number of carbonyl (C=O) groups excluding carboxylic acids is 1. The number of benzene rings is 2. The summed E-state index contributed by atoms with van der Waals surface area (Å²) in [7, 11) is -3.76. The van der Waals surface area contributed by atoms with E-state index in [4.69, 9.17) is 16.3 Å². The number of nitrogens with one attached hydrogen (secondary N) is 1. The molecule has 7 nitrogen and oxygen atoms in total. The van der Waals surface area contributed by atoms with Crippen LogP contribution in [0.15, 0.2) is 69.7 Å². The highest BCUT2D eigenvalue weighted by atomic mass is 35.5. The Morgan fingerprint density at radius 1 is 1.18 bits per heavy atom. The molecule has 2 aromatic carbocycles. The van der Waals surface area contributed by atoms with Crippen LogP contribution in [0, 0.1) is 0 Å². The summed E-state index contributed by atoms with van der Waals surface area (Å²) < 4.78 is 33.6. The van der Waals surface area contributed by atoms with Gasteiger partial charge in [-0.25, -0.2) is 18.2 Å². The van der Waals surface area contributed by atoms with Crippen molar-refractivity contribution in [3.05, 3.63) is 70.4 Å². The molecule has 4 rings (SSSR count). The lowest BCUT2D eigenvalue weighted by atomic mass is 9.94. The molecule has 1 atom stereocenters. The maximum atomic E-state index is 13.0. The summed E-state index contributed by atoms with van der Waals surface area (Å²) in [4.78, 5) is 20.0. The SMILES string of the molecule is CC1=C(C(=O)OC(C)C)C(c2ccc(NS(=O)(=O)c3ccc(Cl)cc3)cc2)N2CCCSC2=N1. The lowest BCUT2D eigenvalue weighted by Crippen LogP contribution is -2.42. The van der Waals surface area contributed by atoms with E-state index in [1.807, 2.05) is 32.9 Å². The molecular weight excluding hydrogens is 494 g/mol. The highest BCUT2D eigenvalue weighted by Gasteiger charge is 2.38. The minimum absolute atomic E-state index is 0.122. The second kappa shape index (κ2) is 10.0. The number of thioether (sulfide) groups is 1. The molecule has 34 heavy (non-hydrogen) atoms. The lowest BCUT2D eigenvalue weighted by molar-refractivity contribution is -0.143. The third kappa shape index (κ3) is 5.26. The Labute approximate surface area is 209 Å². The van der Waals surface area contributed by atoms with E-state index in [9.17, 15) is 13.2 Å². The number of anilines is 1. The molecule has 0 bridgehead atoms. The standard InChI is InChI=1S/C24H26ClN3O4S2/c1-15(2)32-23(29)21-16(3)26-24-28(13-4-14-33-24)22(21)17-5-9-19(10-6-17)27-34(30,31)20-11-7-18(25)8-12-20/h5-12,15,22,27H,4,13-14H2,1-3H3. The Morgan fingerprint density at radius 3 is 2.50 bits per heavy atom. The number of allylic oxidation sites excluding steroid dienone is 1. The predicted molar refractivity (Wildman–Crippen MR) is 137 cm³/mol. The highest BCUT2D eigenvalue weighted by Crippen LogP contribution is 2.40. The number of amidine groups is 1. The normalized spacial score (nSPS) is 18.4. The van der Waals surface area contributed by atoms with Crippen molar-refractivity contribution in [2.75, 3.05) is 17.0 Å². The summed E-state index contributed by atoms with van der Waals surface area (Å²) in [5.74, 6) is 0.593. The van der Waals surface area contributed by atoms with Gasteiger partial charge in [0.1, 0.15) is 0 Å². The maximum absolute atomic E-state index is 13.0. The van der Waals surface area contributed by atoms with Crippen LogP contribution in [-0.2, 0) is 19.6 Å². The molecule has 0 radical (unpaired) electrons. The first-order valence-corrected chi connectivity index (χ1v) is 13.8. The quantitative estimate of drug-likeness (QED) is 0.527. The van der Waals surface area contributed by atoms with Gasteiger partial charge in [-0.2, -0.15) is 0 Å². The smallest absolute Gasteiger partial charge is 0.338 e. The van der Waals surface area contributed by atoms with Gasteiger partial charge in [0.05, 0.1) is 28.3 Å². The largest absolute Gasteiger partial charge is 0.459 e. The summed E-state index contributed by atoms with van der Waals surface area (Å²) in [6, 6.07) is 12.7. The molecule has 2 aromatic rings. The van der Waals surface area contributed by atoms with Crippen LogP contribution in [0.4, 0.5) is 5.69 Å². The lowest BCUT2D eigenvalue weighted by Gasteiger charge is -2.40. The molecule has 1 fully saturated rings. The number of esters is 1. The molecule has 1 saturated heterocycles. The van der Waals surface area contributed by atoms with E-state index in [1.165, 1.54) is 24.3 Å². The zero-order chi connectivity index (χ0) is 24.5. The Hall–Kier alpha value is -2.49. The number of nitrogens with zero attached hydrogens (tertiary/aromatic N) is 2. The number of fused-ring (bicyclic) bond motifs is 1. The number of aliphatic imine (C=N–C) groups is 1. The van der Waals surface area contributed by atoms with E-state index >= 15 is 0 Å². The van der Waals surface area contributed by atoms with Gasteiger partial charge in [-0.3, -0.25) is 4.72 Å². The van der Waals surface area contributed by atoms with Crippen LogP contribution in [-0.4, -0.2) is 42.9 Å². The summed E-state index contributed by atoms with van der Waals surface area (Å²) in [5.41, 5.74) is 2.43. The van der Waals surface area contributed by atoms with E-state index in [-0.39, 0.29) is 23.0 Å². The number of sulfonamides is 1. The molecule has 2 heterocycles. The second-order valence-electron chi connectivity index (χ2n) is 8.33. The fraction of sp³-hybridized carbons (Fsp3) is 0.333. The summed E-state index contributed by atoms with van der Waals surface area (Å²) in [6.45, 7) is 6.24. The minimum atomic E-state index is -3.76. The Balaban J connectivity index is 1.64. The summed E-state index contributed by atoms with van der Waals surface area (Å²) in [6.07, 6.45) is 0.726. The fourth-order valence-corrected chi connectivity index (χ4v) is 6.12. The van der Waals surface area contributed by atoms with Crippen molar-refractivity contribution < 1.29 is 17.9 Å². The maximum Gasteiger partial charge on any atom is 0.338 e.